The summed E-state index contributed by atoms with van der Waals surface area (Å²) in [4.78, 5) is 15.5. The number of hydrogen-bond donors (Lipinski definition) is 0. The SMILES string of the molecule is COC(=O)c1nc(-c2ccc(Cl)cc2)c(C(F)(F)F)cc1C. The first kappa shape index (κ1) is 16.3. The summed E-state index contributed by atoms with van der Waals surface area (Å²) in [6.07, 6.45) is -4.60. The Hall–Kier alpha value is -2.08. The van der Waals surface area contributed by atoms with E-state index in [2.05, 4.69) is 9.72 Å². The lowest BCUT2D eigenvalue weighted by Gasteiger charge is -2.15. The van der Waals surface area contributed by atoms with E-state index in [-0.39, 0.29) is 22.5 Å². The summed E-state index contributed by atoms with van der Waals surface area (Å²) in [6.45, 7) is 1.38. The molecular formula is C15H11ClF3NO2. The van der Waals surface area contributed by atoms with Crippen LogP contribution in [0.3, 0.4) is 0 Å². The molecule has 0 spiro atoms. The van der Waals surface area contributed by atoms with E-state index < -0.39 is 17.7 Å². The van der Waals surface area contributed by atoms with Crippen molar-refractivity contribution in [3.05, 3.63) is 52.2 Å². The molecule has 0 aliphatic rings. The van der Waals surface area contributed by atoms with E-state index in [1.807, 2.05) is 0 Å². The zero-order chi connectivity index (χ0) is 16.5. The fraction of sp³-hybridized carbons (Fsp3) is 0.200. The lowest BCUT2D eigenvalue weighted by molar-refractivity contribution is -0.137. The van der Waals surface area contributed by atoms with Crippen molar-refractivity contribution in [1.82, 2.24) is 4.98 Å². The van der Waals surface area contributed by atoms with Crippen molar-refractivity contribution in [3.63, 3.8) is 0 Å². The Labute approximate surface area is 129 Å². The summed E-state index contributed by atoms with van der Waals surface area (Å²) in [5.74, 6) is -0.790. The molecule has 0 N–H and O–H groups in total. The number of nitrogens with zero attached hydrogens (tertiary/aromatic N) is 1. The van der Waals surface area contributed by atoms with E-state index in [4.69, 9.17) is 11.6 Å². The number of alkyl halides is 3. The van der Waals surface area contributed by atoms with Crippen LogP contribution in [-0.4, -0.2) is 18.1 Å². The second kappa shape index (κ2) is 5.96. The van der Waals surface area contributed by atoms with Crippen LogP contribution in [-0.2, 0) is 10.9 Å². The summed E-state index contributed by atoms with van der Waals surface area (Å²) in [7, 11) is 1.14. The maximum Gasteiger partial charge on any atom is 0.418 e. The lowest BCUT2D eigenvalue weighted by atomic mass is 10.0. The zero-order valence-corrected chi connectivity index (χ0v) is 12.4. The molecule has 2 aromatic rings. The molecule has 0 fully saturated rings. The molecule has 0 bridgehead atoms. The van der Waals surface area contributed by atoms with Gasteiger partial charge in [-0.3, -0.25) is 0 Å². The fourth-order valence-corrected chi connectivity index (χ4v) is 2.09. The molecule has 1 aromatic carbocycles. The van der Waals surface area contributed by atoms with Crippen LogP contribution in [0.5, 0.6) is 0 Å². The van der Waals surface area contributed by atoms with Gasteiger partial charge in [0.05, 0.1) is 18.4 Å². The minimum absolute atomic E-state index is 0.0943. The maximum atomic E-state index is 13.2. The molecule has 0 amide bonds. The summed E-state index contributed by atoms with van der Waals surface area (Å²) in [5.41, 5.74) is -1.10. The molecule has 2 rings (SSSR count). The summed E-state index contributed by atoms with van der Waals surface area (Å²) in [5, 5.41) is 0.387. The molecule has 0 radical (unpaired) electrons. The highest BCUT2D eigenvalue weighted by atomic mass is 35.5. The molecule has 0 atom stereocenters. The van der Waals surface area contributed by atoms with Gasteiger partial charge in [0.25, 0.3) is 0 Å². The van der Waals surface area contributed by atoms with E-state index in [1.54, 1.807) is 0 Å². The number of ether oxygens (including phenoxy) is 1. The van der Waals surface area contributed by atoms with Crippen molar-refractivity contribution in [2.75, 3.05) is 7.11 Å². The van der Waals surface area contributed by atoms with Gasteiger partial charge in [-0.2, -0.15) is 13.2 Å². The Morgan fingerprint density at radius 3 is 2.32 bits per heavy atom. The number of rotatable bonds is 2. The first-order valence-corrected chi connectivity index (χ1v) is 6.55. The van der Waals surface area contributed by atoms with E-state index >= 15 is 0 Å². The second-order valence-corrected chi connectivity index (χ2v) is 4.98. The van der Waals surface area contributed by atoms with Crippen LogP contribution in [0.1, 0.15) is 21.6 Å². The molecule has 0 saturated heterocycles. The summed E-state index contributed by atoms with van der Waals surface area (Å²) in [6, 6.07) is 6.63. The number of aromatic nitrogens is 1. The van der Waals surface area contributed by atoms with E-state index in [0.717, 1.165) is 13.2 Å². The van der Waals surface area contributed by atoms with Gasteiger partial charge in [0, 0.05) is 10.6 Å². The Kier molecular flexibility index (Phi) is 4.42. The molecule has 22 heavy (non-hydrogen) atoms. The quantitative estimate of drug-likeness (QED) is 0.761. The van der Waals surface area contributed by atoms with Gasteiger partial charge in [0.1, 0.15) is 0 Å². The molecular weight excluding hydrogens is 319 g/mol. The molecule has 0 saturated carbocycles. The minimum Gasteiger partial charge on any atom is -0.464 e. The van der Waals surface area contributed by atoms with E-state index in [1.165, 1.54) is 31.2 Å². The number of halogens is 4. The van der Waals surface area contributed by atoms with E-state index in [0.29, 0.717) is 5.02 Å². The largest absolute Gasteiger partial charge is 0.464 e. The number of esters is 1. The Morgan fingerprint density at radius 2 is 1.82 bits per heavy atom. The van der Waals surface area contributed by atoms with Crippen molar-refractivity contribution in [2.45, 2.75) is 13.1 Å². The van der Waals surface area contributed by atoms with Crippen LogP contribution >= 0.6 is 11.6 Å². The van der Waals surface area contributed by atoms with Gasteiger partial charge in [-0.15, -0.1) is 0 Å². The molecule has 3 nitrogen and oxygen atoms in total. The molecule has 0 aliphatic carbocycles. The number of carbonyl (C=O) groups is 1. The van der Waals surface area contributed by atoms with Crippen LogP contribution < -0.4 is 0 Å². The van der Waals surface area contributed by atoms with Gasteiger partial charge >= 0.3 is 12.1 Å². The highest BCUT2D eigenvalue weighted by Gasteiger charge is 2.36. The number of pyridine rings is 1. The normalized spacial score (nSPS) is 11.4. The molecule has 7 heteroatoms. The van der Waals surface area contributed by atoms with Crippen LogP contribution in [0.2, 0.25) is 5.02 Å². The Balaban J connectivity index is 2.72. The number of hydrogen-bond acceptors (Lipinski definition) is 3. The molecule has 0 unspecified atom stereocenters. The highest BCUT2D eigenvalue weighted by Crippen LogP contribution is 2.37. The van der Waals surface area contributed by atoms with Gasteiger partial charge in [0.2, 0.25) is 0 Å². The summed E-state index contributed by atoms with van der Waals surface area (Å²) < 4.78 is 44.2. The van der Waals surface area contributed by atoms with Crippen molar-refractivity contribution in [3.8, 4) is 11.3 Å². The van der Waals surface area contributed by atoms with Gasteiger partial charge in [-0.1, -0.05) is 23.7 Å². The molecule has 116 valence electrons. The third kappa shape index (κ3) is 3.22. The monoisotopic (exact) mass is 329 g/mol. The van der Waals surface area contributed by atoms with Gasteiger partial charge in [-0.25, -0.2) is 9.78 Å². The lowest BCUT2D eigenvalue weighted by Crippen LogP contribution is -2.14. The number of carbonyl (C=O) groups excluding carboxylic acids is 1. The first-order chi connectivity index (χ1) is 10.2. The minimum atomic E-state index is -4.60. The van der Waals surface area contributed by atoms with Crippen LogP contribution in [0.15, 0.2) is 30.3 Å². The average Bonchev–Trinajstić information content (AvgIpc) is 2.46. The molecule has 1 aromatic heterocycles. The van der Waals surface area contributed by atoms with Crippen molar-refractivity contribution in [2.24, 2.45) is 0 Å². The smallest absolute Gasteiger partial charge is 0.418 e. The maximum absolute atomic E-state index is 13.2. The van der Waals surface area contributed by atoms with Crippen molar-refractivity contribution >= 4 is 17.6 Å². The molecule has 1 heterocycles. The number of benzene rings is 1. The number of aryl methyl sites for hydroxylation is 1. The Bertz CT molecular complexity index is 712. The topological polar surface area (TPSA) is 39.2 Å². The van der Waals surface area contributed by atoms with Gasteiger partial charge < -0.3 is 4.74 Å². The predicted molar refractivity (Wildman–Crippen MR) is 75.8 cm³/mol. The second-order valence-electron chi connectivity index (χ2n) is 4.55. The van der Waals surface area contributed by atoms with Gasteiger partial charge in [-0.05, 0) is 30.7 Å². The Morgan fingerprint density at radius 1 is 1.23 bits per heavy atom. The third-order valence-electron chi connectivity index (χ3n) is 3.01. The van der Waals surface area contributed by atoms with Crippen molar-refractivity contribution < 1.29 is 22.7 Å². The fourth-order valence-electron chi connectivity index (χ4n) is 1.96. The van der Waals surface area contributed by atoms with E-state index in [9.17, 15) is 18.0 Å². The van der Waals surface area contributed by atoms with Crippen LogP contribution in [0.25, 0.3) is 11.3 Å². The highest BCUT2D eigenvalue weighted by molar-refractivity contribution is 6.30. The van der Waals surface area contributed by atoms with Gasteiger partial charge in [0.15, 0.2) is 5.69 Å². The van der Waals surface area contributed by atoms with Crippen molar-refractivity contribution in [1.29, 1.82) is 0 Å². The van der Waals surface area contributed by atoms with Crippen LogP contribution in [0.4, 0.5) is 13.2 Å². The standard InChI is InChI=1S/C15H11ClF3NO2/c1-8-7-11(15(17,18)19)13(20-12(8)14(21)22-2)9-3-5-10(16)6-4-9/h3-7H,1-2H3. The predicted octanol–water partition coefficient (Wildman–Crippen LogP) is 4.52. The number of methoxy groups -OCH3 is 1. The molecule has 0 aliphatic heterocycles. The first-order valence-electron chi connectivity index (χ1n) is 6.17. The third-order valence-corrected chi connectivity index (χ3v) is 3.27. The summed E-state index contributed by atoms with van der Waals surface area (Å²) >= 11 is 5.74. The zero-order valence-electron chi connectivity index (χ0n) is 11.7. The van der Waals surface area contributed by atoms with Crippen LogP contribution in [0, 0.1) is 6.92 Å². The average molecular weight is 330 g/mol.